The van der Waals surface area contributed by atoms with Gasteiger partial charge in [-0.05, 0) is 57.7 Å². The average molecular weight is 322 g/mol. The second kappa shape index (κ2) is 8.20. The summed E-state index contributed by atoms with van der Waals surface area (Å²) >= 11 is 0. The molecule has 0 heterocycles. The Balaban J connectivity index is 2.50. The topological polar surface area (TPSA) is 70.6 Å². The summed E-state index contributed by atoms with van der Waals surface area (Å²) in [5.74, 6) is 0.354. The molecule has 3 N–H and O–H groups in total. The maximum atomic E-state index is 11.7. The van der Waals surface area contributed by atoms with E-state index < -0.39 is 11.7 Å². The van der Waals surface area contributed by atoms with E-state index in [1.807, 2.05) is 46.8 Å². The molecule has 0 saturated heterocycles. The number of nitrogens with one attached hydrogen (secondary N) is 2. The van der Waals surface area contributed by atoms with Crippen LogP contribution in [0.4, 0.5) is 4.79 Å². The Morgan fingerprint density at radius 3 is 2.30 bits per heavy atom. The number of alkyl carbamates (subject to hydrolysis) is 1. The van der Waals surface area contributed by atoms with E-state index in [-0.39, 0.29) is 6.04 Å². The van der Waals surface area contributed by atoms with E-state index in [1.165, 1.54) is 0 Å². The molecule has 1 unspecified atom stereocenters. The Morgan fingerprint density at radius 2 is 1.83 bits per heavy atom. The van der Waals surface area contributed by atoms with Crippen molar-refractivity contribution < 1.29 is 14.6 Å². The van der Waals surface area contributed by atoms with E-state index >= 15 is 0 Å². The number of aromatic hydroxyl groups is 1. The van der Waals surface area contributed by atoms with E-state index in [1.54, 1.807) is 0 Å². The van der Waals surface area contributed by atoms with Crippen LogP contribution in [0, 0.1) is 13.8 Å². The van der Waals surface area contributed by atoms with Gasteiger partial charge in [-0.25, -0.2) is 4.79 Å². The fraction of sp³-hybridized carbons (Fsp3) is 0.611. The Morgan fingerprint density at radius 1 is 1.26 bits per heavy atom. The van der Waals surface area contributed by atoms with Gasteiger partial charge in [-0.15, -0.1) is 0 Å². The molecule has 0 fully saturated rings. The lowest BCUT2D eigenvalue weighted by Gasteiger charge is -2.22. The Bertz CT molecular complexity index is 513. The van der Waals surface area contributed by atoms with Crippen LogP contribution in [0.1, 0.15) is 50.8 Å². The molecule has 5 nitrogen and oxygen atoms in total. The van der Waals surface area contributed by atoms with Crippen LogP contribution in [-0.2, 0) is 11.3 Å². The molecular weight excluding hydrogens is 292 g/mol. The first-order chi connectivity index (χ1) is 10.6. The van der Waals surface area contributed by atoms with Gasteiger partial charge in [0.2, 0.25) is 0 Å². The van der Waals surface area contributed by atoms with Crippen molar-refractivity contribution in [1.82, 2.24) is 10.6 Å². The highest BCUT2D eigenvalue weighted by molar-refractivity contribution is 5.67. The molecule has 0 aliphatic heterocycles. The third kappa shape index (κ3) is 6.91. The van der Waals surface area contributed by atoms with Crippen LogP contribution < -0.4 is 10.6 Å². The van der Waals surface area contributed by atoms with Crippen molar-refractivity contribution in [1.29, 1.82) is 0 Å². The van der Waals surface area contributed by atoms with Crippen molar-refractivity contribution in [3.8, 4) is 5.75 Å². The molecule has 0 aromatic heterocycles. The second-order valence-electron chi connectivity index (χ2n) is 6.95. The van der Waals surface area contributed by atoms with Gasteiger partial charge in [0.1, 0.15) is 11.4 Å². The van der Waals surface area contributed by atoms with Crippen molar-refractivity contribution in [2.24, 2.45) is 0 Å². The predicted molar refractivity (Wildman–Crippen MR) is 92.7 cm³/mol. The van der Waals surface area contributed by atoms with Crippen molar-refractivity contribution >= 4 is 6.09 Å². The Labute approximate surface area is 139 Å². The lowest BCUT2D eigenvalue weighted by molar-refractivity contribution is 0.0522. The standard InChI is InChI=1S/C18H30N2O3/c1-7-15(11-20-17(22)23-18(4,5)6)19-10-14-8-12(2)16(21)13(3)9-14/h8-9,15,19,21H,7,10-11H2,1-6H3,(H,20,22). The minimum absolute atomic E-state index is 0.164. The van der Waals surface area contributed by atoms with Crippen molar-refractivity contribution in [3.63, 3.8) is 0 Å². The van der Waals surface area contributed by atoms with Gasteiger partial charge in [0.25, 0.3) is 0 Å². The molecule has 1 rings (SSSR count). The van der Waals surface area contributed by atoms with E-state index in [0.717, 1.165) is 23.1 Å². The molecule has 1 atom stereocenters. The summed E-state index contributed by atoms with van der Waals surface area (Å²) in [5.41, 5.74) is 2.39. The number of phenolic OH excluding ortho intramolecular Hbond substituents is 1. The van der Waals surface area contributed by atoms with E-state index in [2.05, 4.69) is 17.6 Å². The first-order valence-electron chi connectivity index (χ1n) is 8.11. The summed E-state index contributed by atoms with van der Waals surface area (Å²) < 4.78 is 5.23. The van der Waals surface area contributed by atoms with Crippen molar-refractivity contribution in [3.05, 3.63) is 28.8 Å². The van der Waals surface area contributed by atoms with Gasteiger partial charge in [0, 0.05) is 19.1 Å². The van der Waals surface area contributed by atoms with Gasteiger partial charge in [-0.3, -0.25) is 0 Å². The summed E-state index contributed by atoms with van der Waals surface area (Å²) in [6.07, 6.45) is 0.500. The largest absolute Gasteiger partial charge is 0.507 e. The van der Waals surface area contributed by atoms with Gasteiger partial charge in [-0.1, -0.05) is 19.1 Å². The van der Waals surface area contributed by atoms with Gasteiger partial charge >= 0.3 is 6.09 Å². The molecule has 1 amide bonds. The molecular formula is C18H30N2O3. The molecule has 1 aromatic carbocycles. The van der Waals surface area contributed by atoms with E-state index in [4.69, 9.17) is 4.74 Å². The molecule has 0 aliphatic rings. The summed E-state index contributed by atoms with van der Waals surface area (Å²) in [6.45, 7) is 12.6. The van der Waals surface area contributed by atoms with Crippen LogP contribution in [0.5, 0.6) is 5.75 Å². The molecule has 0 spiro atoms. The monoisotopic (exact) mass is 322 g/mol. The fourth-order valence-corrected chi connectivity index (χ4v) is 2.29. The number of aryl methyl sites for hydroxylation is 2. The summed E-state index contributed by atoms with van der Waals surface area (Å²) in [7, 11) is 0. The zero-order chi connectivity index (χ0) is 17.6. The number of amides is 1. The number of rotatable bonds is 6. The van der Waals surface area contributed by atoms with Crippen LogP contribution in [0.3, 0.4) is 0 Å². The zero-order valence-corrected chi connectivity index (χ0v) is 15.1. The molecule has 0 aliphatic carbocycles. The number of benzene rings is 1. The Hall–Kier alpha value is -1.75. The number of hydrogen-bond acceptors (Lipinski definition) is 4. The van der Waals surface area contributed by atoms with Crippen LogP contribution in [-0.4, -0.2) is 29.4 Å². The minimum atomic E-state index is -0.486. The third-order valence-electron chi connectivity index (χ3n) is 3.53. The van der Waals surface area contributed by atoms with Crippen LogP contribution in [0.25, 0.3) is 0 Å². The van der Waals surface area contributed by atoms with E-state index in [9.17, 15) is 9.90 Å². The highest BCUT2D eigenvalue weighted by Crippen LogP contribution is 2.22. The SMILES string of the molecule is CCC(CNC(=O)OC(C)(C)C)NCc1cc(C)c(O)c(C)c1. The summed E-state index contributed by atoms with van der Waals surface area (Å²) in [5, 5.41) is 16.0. The number of ether oxygens (including phenoxy) is 1. The third-order valence-corrected chi connectivity index (χ3v) is 3.53. The predicted octanol–water partition coefficient (Wildman–Crippen LogP) is 3.40. The summed E-state index contributed by atoms with van der Waals surface area (Å²) in [4.78, 5) is 11.7. The van der Waals surface area contributed by atoms with Crippen LogP contribution >= 0.6 is 0 Å². The number of carbonyl (C=O) groups excluding carboxylic acids is 1. The number of carbonyl (C=O) groups is 1. The average Bonchev–Trinajstić information content (AvgIpc) is 2.42. The Kier molecular flexibility index (Phi) is 6.88. The maximum absolute atomic E-state index is 11.7. The molecule has 1 aromatic rings. The first kappa shape index (κ1) is 19.3. The van der Waals surface area contributed by atoms with Crippen LogP contribution in [0.2, 0.25) is 0 Å². The lowest BCUT2D eigenvalue weighted by atomic mass is 10.1. The first-order valence-corrected chi connectivity index (χ1v) is 8.11. The second-order valence-corrected chi connectivity index (χ2v) is 6.95. The number of hydrogen-bond donors (Lipinski definition) is 3. The highest BCUT2D eigenvalue weighted by Gasteiger charge is 2.17. The minimum Gasteiger partial charge on any atom is -0.507 e. The zero-order valence-electron chi connectivity index (χ0n) is 15.1. The molecule has 0 bridgehead atoms. The number of phenols is 1. The van der Waals surface area contributed by atoms with Gasteiger partial charge in [-0.2, -0.15) is 0 Å². The summed E-state index contributed by atoms with van der Waals surface area (Å²) in [6, 6.07) is 4.11. The van der Waals surface area contributed by atoms with Gasteiger partial charge in [0.15, 0.2) is 0 Å². The fourth-order valence-electron chi connectivity index (χ4n) is 2.29. The highest BCUT2D eigenvalue weighted by atomic mass is 16.6. The van der Waals surface area contributed by atoms with Gasteiger partial charge < -0.3 is 20.5 Å². The molecule has 5 heteroatoms. The maximum Gasteiger partial charge on any atom is 0.407 e. The quantitative estimate of drug-likeness (QED) is 0.751. The molecule has 23 heavy (non-hydrogen) atoms. The molecule has 0 radical (unpaired) electrons. The lowest BCUT2D eigenvalue weighted by Crippen LogP contribution is -2.42. The van der Waals surface area contributed by atoms with Crippen molar-refractivity contribution in [2.45, 2.75) is 66.2 Å². The smallest absolute Gasteiger partial charge is 0.407 e. The van der Waals surface area contributed by atoms with E-state index in [0.29, 0.717) is 18.8 Å². The normalized spacial score (nSPS) is 12.8. The van der Waals surface area contributed by atoms with Crippen LogP contribution in [0.15, 0.2) is 12.1 Å². The molecule has 130 valence electrons. The molecule has 0 saturated carbocycles. The van der Waals surface area contributed by atoms with Gasteiger partial charge in [0.05, 0.1) is 0 Å². The van der Waals surface area contributed by atoms with Crippen molar-refractivity contribution in [2.75, 3.05) is 6.54 Å².